The standard InChI is InChI=1S/C8H17N3/c9-10-7-3-5-11-4-1-2-8(11)6-7/h7-8,10H,1-6,9H2. The summed E-state index contributed by atoms with van der Waals surface area (Å²) in [4.78, 5) is 2.60. The van der Waals surface area contributed by atoms with Crippen molar-refractivity contribution in [2.24, 2.45) is 5.84 Å². The summed E-state index contributed by atoms with van der Waals surface area (Å²) in [6.07, 6.45) is 5.27. The number of nitrogens with zero attached hydrogens (tertiary/aromatic N) is 1. The lowest BCUT2D eigenvalue weighted by atomic mass is 9.98. The van der Waals surface area contributed by atoms with Crippen LogP contribution in [0.4, 0.5) is 0 Å². The summed E-state index contributed by atoms with van der Waals surface area (Å²) >= 11 is 0. The molecule has 0 aromatic heterocycles. The molecule has 3 heteroatoms. The zero-order valence-electron chi connectivity index (χ0n) is 6.92. The minimum Gasteiger partial charge on any atom is -0.300 e. The Morgan fingerprint density at radius 3 is 3.00 bits per heavy atom. The zero-order chi connectivity index (χ0) is 7.68. The maximum Gasteiger partial charge on any atom is 0.0237 e. The molecule has 64 valence electrons. The van der Waals surface area contributed by atoms with Gasteiger partial charge in [0.1, 0.15) is 0 Å². The summed E-state index contributed by atoms with van der Waals surface area (Å²) in [5, 5.41) is 0. The number of nitrogens with one attached hydrogen (secondary N) is 1. The third-order valence-electron chi connectivity index (χ3n) is 3.06. The molecule has 2 aliphatic heterocycles. The normalized spacial score (nSPS) is 39.0. The smallest absolute Gasteiger partial charge is 0.0237 e. The molecular weight excluding hydrogens is 138 g/mol. The average Bonchev–Trinajstić information content (AvgIpc) is 2.50. The van der Waals surface area contributed by atoms with Crippen LogP contribution < -0.4 is 11.3 Å². The fraction of sp³-hybridized carbons (Fsp3) is 1.00. The van der Waals surface area contributed by atoms with E-state index in [2.05, 4.69) is 10.3 Å². The second kappa shape index (κ2) is 3.09. The molecule has 2 heterocycles. The molecular formula is C8H17N3. The maximum atomic E-state index is 5.42. The molecule has 0 amide bonds. The van der Waals surface area contributed by atoms with Crippen LogP contribution in [-0.2, 0) is 0 Å². The summed E-state index contributed by atoms with van der Waals surface area (Å²) in [6.45, 7) is 2.57. The van der Waals surface area contributed by atoms with Gasteiger partial charge in [0.25, 0.3) is 0 Å². The van der Waals surface area contributed by atoms with E-state index < -0.39 is 0 Å². The van der Waals surface area contributed by atoms with E-state index in [0.717, 1.165) is 6.04 Å². The SMILES string of the molecule is NNC1CCN2CCCC2C1. The van der Waals surface area contributed by atoms with Gasteiger partial charge >= 0.3 is 0 Å². The van der Waals surface area contributed by atoms with Crippen molar-refractivity contribution < 1.29 is 0 Å². The average molecular weight is 155 g/mol. The molecule has 2 atom stereocenters. The fourth-order valence-electron chi connectivity index (χ4n) is 2.38. The predicted molar refractivity (Wildman–Crippen MR) is 44.9 cm³/mol. The van der Waals surface area contributed by atoms with Crippen LogP contribution in [0, 0.1) is 0 Å². The third kappa shape index (κ3) is 1.41. The first-order valence-electron chi connectivity index (χ1n) is 4.60. The number of hydrogen-bond donors (Lipinski definition) is 2. The summed E-state index contributed by atoms with van der Waals surface area (Å²) in [5.41, 5.74) is 2.89. The van der Waals surface area contributed by atoms with Crippen molar-refractivity contribution in [1.29, 1.82) is 0 Å². The molecule has 3 N–H and O–H groups in total. The van der Waals surface area contributed by atoms with E-state index in [-0.39, 0.29) is 0 Å². The van der Waals surface area contributed by atoms with Gasteiger partial charge in [0.05, 0.1) is 0 Å². The molecule has 0 aromatic rings. The van der Waals surface area contributed by atoms with E-state index in [1.807, 2.05) is 0 Å². The van der Waals surface area contributed by atoms with Crippen LogP contribution in [0.15, 0.2) is 0 Å². The molecule has 2 fully saturated rings. The number of hydrazine groups is 1. The van der Waals surface area contributed by atoms with Gasteiger partial charge in [0.15, 0.2) is 0 Å². The number of piperidine rings is 1. The Balaban J connectivity index is 1.91. The van der Waals surface area contributed by atoms with E-state index in [0.29, 0.717) is 6.04 Å². The minimum atomic E-state index is 0.578. The van der Waals surface area contributed by atoms with E-state index in [4.69, 9.17) is 5.84 Å². The van der Waals surface area contributed by atoms with Gasteiger partial charge in [-0.1, -0.05) is 0 Å². The number of fused-ring (bicyclic) bond motifs is 1. The van der Waals surface area contributed by atoms with Crippen LogP contribution in [0.5, 0.6) is 0 Å². The van der Waals surface area contributed by atoms with Crippen molar-refractivity contribution in [2.75, 3.05) is 13.1 Å². The second-order valence-electron chi connectivity index (χ2n) is 3.72. The lowest BCUT2D eigenvalue weighted by Gasteiger charge is -2.34. The molecule has 0 saturated carbocycles. The Bertz CT molecular complexity index is 137. The van der Waals surface area contributed by atoms with Crippen LogP contribution in [-0.4, -0.2) is 30.1 Å². The predicted octanol–water partition coefficient (Wildman–Crippen LogP) is 0.0765. The first kappa shape index (κ1) is 7.53. The highest BCUT2D eigenvalue weighted by molar-refractivity contribution is 4.88. The molecule has 11 heavy (non-hydrogen) atoms. The summed E-state index contributed by atoms with van der Waals surface area (Å²) in [6, 6.07) is 1.42. The largest absolute Gasteiger partial charge is 0.300 e. The van der Waals surface area contributed by atoms with Gasteiger partial charge in [-0.25, -0.2) is 0 Å². The second-order valence-corrected chi connectivity index (χ2v) is 3.72. The van der Waals surface area contributed by atoms with E-state index in [9.17, 15) is 0 Å². The molecule has 2 aliphatic rings. The van der Waals surface area contributed by atoms with Crippen molar-refractivity contribution >= 4 is 0 Å². The van der Waals surface area contributed by atoms with Crippen molar-refractivity contribution in [1.82, 2.24) is 10.3 Å². The summed E-state index contributed by atoms with van der Waals surface area (Å²) in [7, 11) is 0. The minimum absolute atomic E-state index is 0.578. The molecule has 0 aromatic carbocycles. The lowest BCUT2D eigenvalue weighted by molar-refractivity contribution is 0.167. The first-order valence-corrected chi connectivity index (χ1v) is 4.60. The highest BCUT2D eigenvalue weighted by atomic mass is 15.3. The Kier molecular flexibility index (Phi) is 2.11. The maximum absolute atomic E-state index is 5.42. The van der Waals surface area contributed by atoms with Crippen LogP contribution in [0.3, 0.4) is 0 Å². The Labute approximate surface area is 67.9 Å². The van der Waals surface area contributed by atoms with Crippen LogP contribution in [0.2, 0.25) is 0 Å². The molecule has 2 rings (SSSR count). The van der Waals surface area contributed by atoms with Crippen LogP contribution in [0.25, 0.3) is 0 Å². The van der Waals surface area contributed by atoms with E-state index in [1.165, 1.54) is 38.8 Å². The van der Waals surface area contributed by atoms with E-state index in [1.54, 1.807) is 0 Å². The van der Waals surface area contributed by atoms with Gasteiger partial charge in [-0.05, 0) is 38.8 Å². The quantitative estimate of drug-likeness (QED) is 0.416. The Morgan fingerprint density at radius 2 is 2.18 bits per heavy atom. The van der Waals surface area contributed by atoms with Gasteiger partial charge in [0.2, 0.25) is 0 Å². The van der Waals surface area contributed by atoms with Gasteiger partial charge in [-0.3, -0.25) is 11.3 Å². The van der Waals surface area contributed by atoms with Gasteiger partial charge < -0.3 is 4.90 Å². The fourth-order valence-corrected chi connectivity index (χ4v) is 2.38. The summed E-state index contributed by atoms with van der Waals surface area (Å²) < 4.78 is 0. The Hall–Kier alpha value is -0.120. The van der Waals surface area contributed by atoms with Gasteiger partial charge in [0, 0.05) is 12.1 Å². The van der Waals surface area contributed by atoms with Crippen molar-refractivity contribution in [3.63, 3.8) is 0 Å². The van der Waals surface area contributed by atoms with Crippen molar-refractivity contribution in [3.8, 4) is 0 Å². The van der Waals surface area contributed by atoms with Crippen LogP contribution >= 0.6 is 0 Å². The molecule has 3 nitrogen and oxygen atoms in total. The van der Waals surface area contributed by atoms with E-state index >= 15 is 0 Å². The number of hydrogen-bond acceptors (Lipinski definition) is 3. The van der Waals surface area contributed by atoms with Gasteiger partial charge in [-0.15, -0.1) is 0 Å². The highest BCUT2D eigenvalue weighted by Gasteiger charge is 2.30. The molecule has 0 bridgehead atoms. The molecule has 2 saturated heterocycles. The number of rotatable bonds is 1. The lowest BCUT2D eigenvalue weighted by Crippen LogP contribution is -2.47. The topological polar surface area (TPSA) is 41.3 Å². The van der Waals surface area contributed by atoms with Crippen LogP contribution in [0.1, 0.15) is 25.7 Å². The zero-order valence-corrected chi connectivity index (χ0v) is 6.92. The van der Waals surface area contributed by atoms with Crippen molar-refractivity contribution in [2.45, 2.75) is 37.8 Å². The molecule has 2 unspecified atom stereocenters. The first-order chi connectivity index (χ1) is 5.40. The molecule has 0 aliphatic carbocycles. The monoisotopic (exact) mass is 155 g/mol. The Morgan fingerprint density at radius 1 is 1.27 bits per heavy atom. The van der Waals surface area contributed by atoms with Crippen molar-refractivity contribution in [3.05, 3.63) is 0 Å². The number of nitrogens with two attached hydrogens (primary N) is 1. The van der Waals surface area contributed by atoms with Gasteiger partial charge in [-0.2, -0.15) is 0 Å². The molecule has 0 spiro atoms. The highest BCUT2D eigenvalue weighted by Crippen LogP contribution is 2.26. The summed E-state index contributed by atoms with van der Waals surface area (Å²) in [5.74, 6) is 5.42. The third-order valence-corrected chi connectivity index (χ3v) is 3.06. The molecule has 0 radical (unpaired) electrons.